The summed E-state index contributed by atoms with van der Waals surface area (Å²) in [6.45, 7) is 4.57. The number of rotatable bonds is 5. The van der Waals surface area contributed by atoms with E-state index in [1.807, 2.05) is 50.2 Å². The fourth-order valence-electron chi connectivity index (χ4n) is 3.23. The first kappa shape index (κ1) is 20.1. The van der Waals surface area contributed by atoms with Gasteiger partial charge in [-0.05, 0) is 49.6 Å². The van der Waals surface area contributed by atoms with Crippen LogP contribution in [0.3, 0.4) is 0 Å². The van der Waals surface area contributed by atoms with Gasteiger partial charge in [0.15, 0.2) is 0 Å². The van der Waals surface area contributed by atoms with Crippen LogP contribution in [0.4, 0.5) is 5.69 Å². The zero-order chi connectivity index (χ0) is 20.3. The Morgan fingerprint density at radius 2 is 1.75 bits per heavy atom. The van der Waals surface area contributed by atoms with Gasteiger partial charge in [0.05, 0.1) is 17.5 Å². The van der Waals surface area contributed by atoms with Gasteiger partial charge in [-0.15, -0.1) is 0 Å². The lowest BCUT2D eigenvalue weighted by Gasteiger charge is -2.24. The maximum Gasteiger partial charge on any atom is 0.246 e. The van der Waals surface area contributed by atoms with Crippen LogP contribution in [0, 0.1) is 6.92 Å². The van der Waals surface area contributed by atoms with E-state index in [4.69, 9.17) is 0 Å². The number of amides is 1. The average Bonchev–Trinajstić information content (AvgIpc) is 3.05. The van der Waals surface area contributed by atoms with E-state index in [0.29, 0.717) is 18.7 Å². The first-order valence-electron chi connectivity index (χ1n) is 9.40. The highest BCUT2D eigenvalue weighted by atomic mass is 32.2. The number of benzene rings is 2. The number of anilines is 1. The number of nitrogens with zero attached hydrogens (tertiary/aromatic N) is 2. The highest BCUT2D eigenvalue weighted by molar-refractivity contribution is 7.93. The molecule has 0 saturated carbocycles. The third-order valence-electron chi connectivity index (χ3n) is 5.19. The first-order valence-corrected chi connectivity index (χ1v) is 11.0. The second-order valence-corrected chi connectivity index (χ2v) is 9.22. The molecule has 0 N–H and O–H groups in total. The molecule has 6 heteroatoms. The normalized spacial score (nSPS) is 17.0. The molecule has 0 aliphatic carbocycles. The molecule has 1 aliphatic rings. The van der Waals surface area contributed by atoms with Crippen LogP contribution in [0.5, 0.6) is 0 Å². The quantitative estimate of drug-likeness (QED) is 0.721. The van der Waals surface area contributed by atoms with Crippen LogP contribution in [-0.4, -0.2) is 38.6 Å². The van der Waals surface area contributed by atoms with E-state index >= 15 is 0 Å². The van der Waals surface area contributed by atoms with Crippen LogP contribution in [-0.2, 0) is 14.8 Å². The molecule has 1 fully saturated rings. The van der Waals surface area contributed by atoms with Crippen LogP contribution >= 0.6 is 0 Å². The van der Waals surface area contributed by atoms with E-state index in [0.717, 1.165) is 11.1 Å². The summed E-state index contributed by atoms with van der Waals surface area (Å²) in [4.78, 5) is 14.2. The Morgan fingerprint density at radius 1 is 1.11 bits per heavy atom. The van der Waals surface area contributed by atoms with E-state index in [1.165, 1.54) is 9.87 Å². The van der Waals surface area contributed by atoms with Crippen molar-refractivity contribution in [3.8, 4) is 0 Å². The smallest absolute Gasteiger partial charge is 0.246 e. The molecule has 0 bridgehead atoms. The maximum absolute atomic E-state index is 12.5. The van der Waals surface area contributed by atoms with Gasteiger partial charge in [-0.25, -0.2) is 8.42 Å². The Bertz CT molecular complexity index is 964. The predicted octanol–water partition coefficient (Wildman–Crippen LogP) is 3.77. The van der Waals surface area contributed by atoms with Gasteiger partial charge in [0.25, 0.3) is 0 Å². The van der Waals surface area contributed by atoms with Crippen molar-refractivity contribution in [2.45, 2.75) is 26.3 Å². The molecule has 1 saturated heterocycles. The molecule has 1 amide bonds. The second-order valence-electron chi connectivity index (χ2n) is 7.20. The van der Waals surface area contributed by atoms with Gasteiger partial charge in [0, 0.05) is 19.7 Å². The molecular formula is C22H26N2O3S. The lowest BCUT2D eigenvalue weighted by Crippen LogP contribution is -2.27. The second kappa shape index (κ2) is 8.19. The molecule has 148 valence electrons. The number of hydrogen-bond acceptors (Lipinski definition) is 3. The SMILES string of the molecule is Cc1ccc(C(C)N(C)C(=O)/C=C/c2ccc(N3CCCS3(=O)=O)cc2)cc1. The molecule has 2 aromatic carbocycles. The largest absolute Gasteiger partial charge is 0.335 e. The zero-order valence-corrected chi connectivity index (χ0v) is 17.3. The topological polar surface area (TPSA) is 57.7 Å². The Labute approximate surface area is 167 Å². The van der Waals surface area contributed by atoms with Gasteiger partial charge in [-0.3, -0.25) is 9.10 Å². The molecule has 1 heterocycles. The maximum atomic E-state index is 12.5. The number of sulfonamides is 1. The summed E-state index contributed by atoms with van der Waals surface area (Å²) in [6.07, 6.45) is 3.96. The van der Waals surface area contributed by atoms with Crippen molar-refractivity contribution in [1.29, 1.82) is 0 Å². The molecule has 1 aliphatic heterocycles. The van der Waals surface area contributed by atoms with Gasteiger partial charge in [-0.1, -0.05) is 42.0 Å². The Morgan fingerprint density at radius 3 is 2.32 bits per heavy atom. The summed E-state index contributed by atoms with van der Waals surface area (Å²) in [5, 5.41) is 0. The van der Waals surface area contributed by atoms with E-state index in [1.54, 1.807) is 36.2 Å². The number of hydrogen-bond donors (Lipinski definition) is 0. The summed E-state index contributed by atoms with van der Waals surface area (Å²) in [6, 6.07) is 15.4. The lowest BCUT2D eigenvalue weighted by molar-refractivity contribution is -0.126. The van der Waals surface area contributed by atoms with Crippen LogP contribution in [0.15, 0.2) is 54.6 Å². The van der Waals surface area contributed by atoms with Crippen molar-refractivity contribution < 1.29 is 13.2 Å². The minimum Gasteiger partial charge on any atom is -0.335 e. The Hall–Kier alpha value is -2.60. The van der Waals surface area contributed by atoms with Gasteiger partial charge < -0.3 is 4.90 Å². The van der Waals surface area contributed by atoms with Crippen molar-refractivity contribution in [1.82, 2.24) is 4.90 Å². The van der Waals surface area contributed by atoms with E-state index in [-0.39, 0.29) is 17.7 Å². The monoisotopic (exact) mass is 398 g/mol. The molecule has 1 unspecified atom stereocenters. The average molecular weight is 399 g/mol. The van der Waals surface area contributed by atoms with Crippen LogP contribution in [0.2, 0.25) is 0 Å². The molecular weight excluding hydrogens is 372 g/mol. The third kappa shape index (κ3) is 4.44. The van der Waals surface area contributed by atoms with Crippen molar-refractivity contribution >= 4 is 27.7 Å². The molecule has 28 heavy (non-hydrogen) atoms. The third-order valence-corrected chi connectivity index (χ3v) is 7.06. The van der Waals surface area contributed by atoms with Crippen molar-refractivity contribution in [3.63, 3.8) is 0 Å². The van der Waals surface area contributed by atoms with Gasteiger partial charge >= 0.3 is 0 Å². The van der Waals surface area contributed by atoms with Gasteiger partial charge in [0.1, 0.15) is 0 Å². The number of aryl methyl sites for hydroxylation is 1. The molecule has 5 nitrogen and oxygen atoms in total. The van der Waals surface area contributed by atoms with Crippen LogP contribution in [0.1, 0.15) is 36.1 Å². The zero-order valence-electron chi connectivity index (χ0n) is 16.5. The summed E-state index contributed by atoms with van der Waals surface area (Å²) >= 11 is 0. The molecule has 0 radical (unpaired) electrons. The molecule has 3 rings (SSSR count). The predicted molar refractivity (Wildman–Crippen MR) is 114 cm³/mol. The van der Waals surface area contributed by atoms with Crippen LogP contribution in [0.25, 0.3) is 6.08 Å². The van der Waals surface area contributed by atoms with Crippen LogP contribution < -0.4 is 4.31 Å². The molecule has 2 aromatic rings. The van der Waals surface area contributed by atoms with Crippen molar-refractivity contribution in [3.05, 3.63) is 71.3 Å². The summed E-state index contributed by atoms with van der Waals surface area (Å²) in [5.41, 5.74) is 3.80. The van der Waals surface area contributed by atoms with Gasteiger partial charge in [-0.2, -0.15) is 0 Å². The summed E-state index contributed by atoms with van der Waals surface area (Å²) < 4.78 is 25.4. The highest BCUT2D eigenvalue weighted by Crippen LogP contribution is 2.24. The van der Waals surface area contributed by atoms with Crippen molar-refractivity contribution in [2.75, 3.05) is 23.7 Å². The summed E-state index contributed by atoms with van der Waals surface area (Å²) in [7, 11) is -1.38. The minimum atomic E-state index is -3.17. The van der Waals surface area contributed by atoms with Crippen molar-refractivity contribution in [2.24, 2.45) is 0 Å². The minimum absolute atomic E-state index is 0.0273. The van der Waals surface area contributed by atoms with E-state index < -0.39 is 10.0 Å². The van der Waals surface area contributed by atoms with Gasteiger partial charge in [0.2, 0.25) is 15.9 Å². The fourth-order valence-corrected chi connectivity index (χ4v) is 4.79. The number of carbonyl (C=O) groups excluding carboxylic acids is 1. The fraction of sp³-hybridized carbons (Fsp3) is 0.318. The summed E-state index contributed by atoms with van der Waals surface area (Å²) in [5.74, 6) is 0.119. The lowest BCUT2D eigenvalue weighted by atomic mass is 10.1. The number of likely N-dealkylation sites (N-methyl/N-ethyl adjacent to an activating group) is 1. The van der Waals surface area contributed by atoms with E-state index in [2.05, 4.69) is 0 Å². The Balaban J connectivity index is 1.65. The van der Waals surface area contributed by atoms with E-state index in [9.17, 15) is 13.2 Å². The molecule has 0 aromatic heterocycles. The standard InChI is InChI=1S/C22H26N2O3S/c1-17-5-10-20(11-6-17)18(2)23(3)22(25)14-9-19-7-12-21(13-8-19)24-15-4-16-28(24,26)27/h5-14,18H,4,15-16H2,1-3H3/b14-9+. The molecule has 1 atom stereocenters. The molecule has 0 spiro atoms. The number of carbonyl (C=O) groups is 1. The highest BCUT2D eigenvalue weighted by Gasteiger charge is 2.28. The first-order chi connectivity index (χ1) is 13.3. The Kier molecular flexibility index (Phi) is 5.89.